The molecule has 0 spiro atoms. The van der Waals surface area contributed by atoms with Crippen LogP contribution in [0.3, 0.4) is 0 Å². The fraction of sp³-hybridized carbons (Fsp3) is 0.286. The van der Waals surface area contributed by atoms with Gasteiger partial charge in [0.1, 0.15) is 11.3 Å². The summed E-state index contributed by atoms with van der Waals surface area (Å²) in [5.74, 6) is 1.84. The van der Waals surface area contributed by atoms with Gasteiger partial charge < -0.3 is 23.9 Å². The Morgan fingerprint density at radius 2 is 1.81 bits per heavy atom. The van der Waals surface area contributed by atoms with Gasteiger partial charge in [-0.1, -0.05) is 0 Å². The average Bonchev–Trinajstić information content (AvgIpc) is 3.06. The Morgan fingerprint density at radius 1 is 1.04 bits per heavy atom. The van der Waals surface area contributed by atoms with Crippen molar-refractivity contribution in [3.05, 3.63) is 48.2 Å². The lowest BCUT2D eigenvalue weighted by atomic mass is 10.1. The second kappa shape index (κ2) is 8.49. The van der Waals surface area contributed by atoms with Gasteiger partial charge in [-0.3, -0.25) is 4.79 Å². The summed E-state index contributed by atoms with van der Waals surface area (Å²) in [6, 6.07) is 10.9. The molecule has 3 rings (SSSR count). The maximum absolute atomic E-state index is 12.5. The molecule has 1 amide bonds. The van der Waals surface area contributed by atoms with E-state index < -0.39 is 0 Å². The van der Waals surface area contributed by atoms with Gasteiger partial charge in [-0.15, -0.1) is 0 Å². The van der Waals surface area contributed by atoms with Crippen LogP contribution in [-0.4, -0.2) is 26.2 Å². The molecule has 0 fully saturated rings. The van der Waals surface area contributed by atoms with Crippen molar-refractivity contribution in [2.75, 3.05) is 25.6 Å². The van der Waals surface area contributed by atoms with Crippen LogP contribution in [0.1, 0.15) is 19.4 Å². The van der Waals surface area contributed by atoms with Crippen LogP contribution in [0.25, 0.3) is 11.0 Å². The summed E-state index contributed by atoms with van der Waals surface area (Å²) in [4.78, 5) is 12.5. The first kappa shape index (κ1) is 18.6. The first-order valence-electron chi connectivity index (χ1n) is 8.88. The van der Waals surface area contributed by atoms with Crippen molar-refractivity contribution >= 4 is 22.6 Å². The van der Waals surface area contributed by atoms with E-state index in [1.807, 2.05) is 26.0 Å². The Labute approximate surface area is 158 Å². The number of benzene rings is 2. The summed E-state index contributed by atoms with van der Waals surface area (Å²) < 4.78 is 21.9. The van der Waals surface area contributed by atoms with Gasteiger partial charge in [-0.05, 0) is 38.1 Å². The Morgan fingerprint density at radius 3 is 2.56 bits per heavy atom. The Bertz CT molecular complexity index is 931. The molecule has 6 heteroatoms. The number of carbonyl (C=O) groups excluding carboxylic acids is 1. The number of furan rings is 1. The third kappa shape index (κ3) is 4.34. The van der Waals surface area contributed by atoms with Gasteiger partial charge in [0.25, 0.3) is 0 Å². The highest BCUT2D eigenvalue weighted by atomic mass is 16.5. The minimum atomic E-state index is -0.139. The molecule has 0 saturated carbocycles. The van der Waals surface area contributed by atoms with E-state index in [4.69, 9.17) is 18.6 Å². The number of hydrogen-bond acceptors (Lipinski definition) is 5. The molecule has 1 heterocycles. The number of anilines is 1. The average molecular weight is 369 g/mol. The van der Waals surface area contributed by atoms with E-state index in [0.717, 1.165) is 10.9 Å². The SMILES string of the molecule is CCOc1ccc(NC(=O)Cc2coc3cc(OC)ccc23)cc1OCC. The Hall–Kier alpha value is -3.15. The van der Waals surface area contributed by atoms with Gasteiger partial charge in [-0.2, -0.15) is 0 Å². The van der Waals surface area contributed by atoms with Crippen molar-refractivity contribution in [3.8, 4) is 17.2 Å². The molecule has 0 saturated heterocycles. The maximum Gasteiger partial charge on any atom is 0.228 e. The summed E-state index contributed by atoms with van der Waals surface area (Å²) >= 11 is 0. The van der Waals surface area contributed by atoms with E-state index >= 15 is 0 Å². The molecule has 2 aromatic carbocycles. The highest BCUT2D eigenvalue weighted by Gasteiger charge is 2.13. The molecule has 0 unspecified atom stereocenters. The zero-order chi connectivity index (χ0) is 19.2. The number of ether oxygens (including phenoxy) is 3. The highest BCUT2D eigenvalue weighted by molar-refractivity contribution is 5.95. The fourth-order valence-electron chi connectivity index (χ4n) is 2.83. The maximum atomic E-state index is 12.5. The third-order valence-corrected chi connectivity index (χ3v) is 4.04. The third-order valence-electron chi connectivity index (χ3n) is 4.04. The van der Waals surface area contributed by atoms with Crippen molar-refractivity contribution in [2.24, 2.45) is 0 Å². The lowest BCUT2D eigenvalue weighted by Gasteiger charge is -2.13. The summed E-state index contributed by atoms with van der Waals surface area (Å²) in [5, 5.41) is 3.79. The lowest BCUT2D eigenvalue weighted by molar-refractivity contribution is -0.115. The molecule has 142 valence electrons. The molecule has 3 aromatic rings. The first-order chi connectivity index (χ1) is 13.1. The standard InChI is InChI=1S/C21H23NO5/c1-4-25-18-9-6-15(11-20(18)26-5-2)22-21(23)10-14-13-27-19-12-16(24-3)7-8-17(14)19/h6-9,11-13H,4-5,10H2,1-3H3,(H,22,23). The molecule has 1 aromatic heterocycles. The molecule has 0 radical (unpaired) electrons. The van der Waals surface area contributed by atoms with E-state index in [1.54, 1.807) is 37.6 Å². The highest BCUT2D eigenvalue weighted by Crippen LogP contribution is 2.31. The van der Waals surface area contributed by atoms with E-state index in [9.17, 15) is 4.79 Å². The minimum absolute atomic E-state index is 0.139. The van der Waals surface area contributed by atoms with Gasteiger partial charge in [0.15, 0.2) is 11.5 Å². The number of carbonyl (C=O) groups is 1. The van der Waals surface area contributed by atoms with Gasteiger partial charge in [-0.25, -0.2) is 0 Å². The number of methoxy groups -OCH3 is 1. The van der Waals surface area contributed by atoms with E-state index in [-0.39, 0.29) is 12.3 Å². The Balaban J connectivity index is 1.73. The predicted molar refractivity (Wildman–Crippen MR) is 104 cm³/mol. The van der Waals surface area contributed by atoms with Crippen LogP contribution in [0, 0.1) is 0 Å². The second-order valence-electron chi connectivity index (χ2n) is 5.88. The smallest absolute Gasteiger partial charge is 0.228 e. The zero-order valence-electron chi connectivity index (χ0n) is 15.7. The molecule has 1 N–H and O–H groups in total. The molecule has 0 aliphatic carbocycles. The monoisotopic (exact) mass is 369 g/mol. The summed E-state index contributed by atoms with van der Waals surface area (Å²) in [6.07, 6.45) is 1.81. The van der Waals surface area contributed by atoms with Crippen LogP contribution in [0.15, 0.2) is 47.1 Å². The fourth-order valence-corrected chi connectivity index (χ4v) is 2.83. The summed E-state index contributed by atoms with van der Waals surface area (Å²) in [7, 11) is 1.60. The molecule has 6 nitrogen and oxygen atoms in total. The van der Waals surface area contributed by atoms with Crippen LogP contribution in [0.5, 0.6) is 17.2 Å². The van der Waals surface area contributed by atoms with Crippen molar-refractivity contribution in [3.63, 3.8) is 0 Å². The first-order valence-corrected chi connectivity index (χ1v) is 8.88. The number of hydrogen-bond donors (Lipinski definition) is 1. The predicted octanol–water partition coefficient (Wildman–Crippen LogP) is 4.42. The number of amides is 1. The molecular formula is C21H23NO5. The second-order valence-corrected chi connectivity index (χ2v) is 5.88. The summed E-state index contributed by atoms with van der Waals surface area (Å²) in [6.45, 7) is 4.88. The van der Waals surface area contributed by atoms with Crippen LogP contribution in [-0.2, 0) is 11.2 Å². The number of fused-ring (bicyclic) bond motifs is 1. The largest absolute Gasteiger partial charge is 0.497 e. The van der Waals surface area contributed by atoms with E-state index in [2.05, 4.69) is 5.32 Å². The van der Waals surface area contributed by atoms with Crippen LogP contribution >= 0.6 is 0 Å². The van der Waals surface area contributed by atoms with E-state index in [1.165, 1.54) is 0 Å². The topological polar surface area (TPSA) is 69.9 Å². The molecule has 0 aliphatic rings. The number of nitrogens with one attached hydrogen (secondary N) is 1. The number of rotatable bonds is 8. The van der Waals surface area contributed by atoms with Crippen molar-refractivity contribution in [2.45, 2.75) is 20.3 Å². The minimum Gasteiger partial charge on any atom is -0.497 e. The van der Waals surface area contributed by atoms with Gasteiger partial charge in [0.05, 0.1) is 33.0 Å². The van der Waals surface area contributed by atoms with E-state index in [0.29, 0.717) is 41.7 Å². The normalized spacial score (nSPS) is 10.6. The molecular weight excluding hydrogens is 346 g/mol. The lowest BCUT2D eigenvalue weighted by Crippen LogP contribution is -2.14. The summed E-state index contributed by atoms with van der Waals surface area (Å²) in [5.41, 5.74) is 2.17. The van der Waals surface area contributed by atoms with Crippen molar-refractivity contribution < 1.29 is 23.4 Å². The van der Waals surface area contributed by atoms with Crippen molar-refractivity contribution in [1.29, 1.82) is 0 Å². The van der Waals surface area contributed by atoms with Crippen LogP contribution < -0.4 is 19.5 Å². The molecule has 0 bridgehead atoms. The molecule has 0 atom stereocenters. The quantitative estimate of drug-likeness (QED) is 0.636. The molecule has 27 heavy (non-hydrogen) atoms. The van der Waals surface area contributed by atoms with Crippen LogP contribution in [0.4, 0.5) is 5.69 Å². The van der Waals surface area contributed by atoms with Gasteiger partial charge in [0.2, 0.25) is 5.91 Å². The molecule has 0 aliphatic heterocycles. The van der Waals surface area contributed by atoms with Crippen molar-refractivity contribution in [1.82, 2.24) is 0 Å². The van der Waals surface area contributed by atoms with Gasteiger partial charge >= 0.3 is 0 Å². The van der Waals surface area contributed by atoms with Crippen LogP contribution in [0.2, 0.25) is 0 Å². The Kier molecular flexibility index (Phi) is 5.86. The zero-order valence-corrected chi connectivity index (χ0v) is 15.7. The van der Waals surface area contributed by atoms with Gasteiger partial charge in [0, 0.05) is 28.8 Å².